The number of carbonyl (C=O) groups excluding carboxylic acids is 2. The third-order valence-electron chi connectivity index (χ3n) is 3.60. The molecule has 0 bridgehead atoms. The molecule has 1 rings (SSSR count). The Balaban J connectivity index is 0.000000462. The third-order valence-corrected chi connectivity index (χ3v) is 3.60. The number of esters is 1. The summed E-state index contributed by atoms with van der Waals surface area (Å²) in [6, 6.07) is 9.59. The van der Waals surface area contributed by atoms with E-state index in [9.17, 15) is 9.59 Å². The van der Waals surface area contributed by atoms with E-state index >= 15 is 0 Å². The van der Waals surface area contributed by atoms with Gasteiger partial charge in [0.15, 0.2) is 0 Å². The monoisotopic (exact) mass is 344 g/mol. The molecule has 1 aromatic carbocycles. The van der Waals surface area contributed by atoms with Gasteiger partial charge >= 0.3 is 5.97 Å². The predicted molar refractivity (Wildman–Crippen MR) is 105 cm³/mol. The molecule has 3 heteroatoms. The Morgan fingerprint density at radius 2 is 1.64 bits per heavy atom. The van der Waals surface area contributed by atoms with Crippen molar-refractivity contribution < 1.29 is 14.3 Å². The largest absolute Gasteiger partial charge is 0.466 e. The Morgan fingerprint density at radius 3 is 2.24 bits per heavy atom. The van der Waals surface area contributed by atoms with Crippen LogP contribution >= 0.6 is 0 Å². The number of benzene rings is 1. The molecule has 0 saturated heterocycles. The second-order valence-electron chi connectivity index (χ2n) is 5.74. The summed E-state index contributed by atoms with van der Waals surface area (Å²) in [4.78, 5) is 20.6. The second kappa shape index (κ2) is 18.2. The zero-order chi connectivity index (χ0) is 18.6. The Bertz CT molecular complexity index is 489. The van der Waals surface area contributed by atoms with E-state index in [1.807, 2.05) is 36.4 Å². The number of hydrogen-bond donors (Lipinski definition) is 0. The van der Waals surface area contributed by atoms with Gasteiger partial charge in [-0.1, -0.05) is 81.9 Å². The summed E-state index contributed by atoms with van der Waals surface area (Å²) >= 11 is 0. The molecule has 0 radical (unpaired) electrons. The van der Waals surface area contributed by atoms with E-state index in [2.05, 4.69) is 11.7 Å². The summed E-state index contributed by atoms with van der Waals surface area (Å²) in [5.41, 5.74) is 0.989. The zero-order valence-electron chi connectivity index (χ0n) is 15.7. The summed E-state index contributed by atoms with van der Waals surface area (Å²) in [6.45, 7) is 2.24. The van der Waals surface area contributed by atoms with Crippen molar-refractivity contribution in [1.82, 2.24) is 0 Å². The Morgan fingerprint density at radius 1 is 1.00 bits per heavy atom. The van der Waals surface area contributed by atoms with Gasteiger partial charge in [-0.25, -0.2) is 4.79 Å². The van der Waals surface area contributed by atoms with E-state index in [0.717, 1.165) is 18.3 Å². The lowest BCUT2D eigenvalue weighted by Crippen LogP contribution is -1.92. The molecule has 0 unspecified atom stereocenters. The molecule has 0 aliphatic carbocycles. The molecule has 0 heterocycles. The van der Waals surface area contributed by atoms with Crippen LogP contribution in [0.3, 0.4) is 0 Å². The van der Waals surface area contributed by atoms with Crippen LogP contribution in [0.2, 0.25) is 0 Å². The lowest BCUT2D eigenvalue weighted by atomic mass is 10.1. The topological polar surface area (TPSA) is 43.4 Å². The third kappa shape index (κ3) is 16.5. The van der Waals surface area contributed by atoms with Gasteiger partial charge < -0.3 is 4.74 Å². The molecule has 0 atom stereocenters. The van der Waals surface area contributed by atoms with Crippen LogP contribution in [0.5, 0.6) is 0 Å². The van der Waals surface area contributed by atoms with Crippen molar-refractivity contribution >= 4 is 18.3 Å². The van der Waals surface area contributed by atoms with Crippen LogP contribution in [0.4, 0.5) is 0 Å². The maximum Gasteiger partial charge on any atom is 0.330 e. The van der Waals surface area contributed by atoms with Crippen molar-refractivity contribution in [2.24, 2.45) is 0 Å². The van der Waals surface area contributed by atoms with Crippen molar-refractivity contribution in [1.29, 1.82) is 0 Å². The normalized spacial score (nSPS) is 10.5. The first-order valence-electron chi connectivity index (χ1n) is 9.16. The molecule has 1 aromatic rings. The summed E-state index contributed by atoms with van der Waals surface area (Å²) in [5, 5.41) is 0. The minimum Gasteiger partial charge on any atom is -0.466 e. The average molecular weight is 344 g/mol. The van der Waals surface area contributed by atoms with Crippen LogP contribution in [0.1, 0.15) is 63.9 Å². The summed E-state index contributed by atoms with van der Waals surface area (Å²) in [7, 11) is 1.36. The zero-order valence-corrected chi connectivity index (χ0v) is 15.7. The lowest BCUT2D eigenvalue weighted by Gasteiger charge is -1.98. The fraction of sp³-hybridized carbons (Fsp3) is 0.455. The van der Waals surface area contributed by atoms with Crippen molar-refractivity contribution in [3.8, 4) is 0 Å². The molecule has 25 heavy (non-hydrogen) atoms. The van der Waals surface area contributed by atoms with Gasteiger partial charge in [-0.05, 0) is 30.6 Å². The molecule has 0 aliphatic rings. The minimum atomic E-state index is -0.334. The van der Waals surface area contributed by atoms with Crippen molar-refractivity contribution in [3.05, 3.63) is 54.1 Å². The molecule has 0 saturated carbocycles. The number of rotatable bonds is 11. The predicted octanol–water partition coefficient (Wildman–Crippen LogP) is 5.76. The van der Waals surface area contributed by atoms with Crippen LogP contribution in [-0.4, -0.2) is 19.4 Å². The van der Waals surface area contributed by atoms with Gasteiger partial charge in [0.25, 0.3) is 0 Å². The first kappa shape index (κ1) is 22.8. The molecule has 0 fully saturated rings. The van der Waals surface area contributed by atoms with Crippen LogP contribution < -0.4 is 0 Å². The fourth-order valence-corrected chi connectivity index (χ4v) is 2.17. The number of methoxy groups -OCH3 is 1. The highest BCUT2D eigenvalue weighted by atomic mass is 16.5. The van der Waals surface area contributed by atoms with Gasteiger partial charge in [0, 0.05) is 6.08 Å². The van der Waals surface area contributed by atoms with E-state index in [0.29, 0.717) is 0 Å². The van der Waals surface area contributed by atoms with Gasteiger partial charge in [-0.15, -0.1) is 0 Å². The molecular formula is C22H32O3. The Kier molecular flexibility index (Phi) is 16.6. The van der Waals surface area contributed by atoms with E-state index in [-0.39, 0.29) is 5.97 Å². The van der Waals surface area contributed by atoms with E-state index in [1.165, 1.54) is 58.1 Å². The molecule has 3 nitrogen and oxygen atoms in total. The minimum absolute atomic E-state index is 0.334. The lowest BCUT2D eigenvalue weighted by molar-refractivity contribution is -0.134. The number of ether oxygens (including phenoxy) is 1. The SMILES string of the molecule is CCCCCCCCC/C=C/C=O.COC(=O)/C=C/c1ccccc1. The van der Waals surface area contributed by atoms with Crippen molar-refractivity contribution in [2.75, 3.05) is 7.11 Å². The van der Waals surface area contributed by atoms with Gasteiger partial charge in [0.2, 0.25) is 0 Å². The first-order chi connectivity index (χ1) is 12.2. The van der Waals surface area contributed by atoms with Gasteiger partial charge in [-0.3, -0.25) is 4.79 Å². The second-order valence-corrected chi connectivity index (χ2v) is 5.74. The molecule has 0 amide bonds. The van der Waals surface area contributed by atoms with Gasteiger partial charge in [0.1, 0.15) is 6.29 Å². The van der Waals surface area contributed by atoms with E-state index in [1.54, 1.807) is 12.2 Å². The number of unbranched alkanes of at least 4 members (excludes halogenated alkanes) is 7. The maximum atomic E-state index is 10.7. The highest BCUT2D eigenvalue weighted by Gasteiger charge is 1.90. The van der Waals surface area contributed by atoms with Crippen LogP contribution in [0.15, 0.2) is 48.6 Å². The number of carbonyl (C=O) groups is 2. The number of hydrogen-bond acceptors (Lipinski definition) is 3. The highest BCUT2D eigenvalue weighted by molar-refractivity contribution is 5.86. The van der Waals surface area contributed by atoms with Crippen molar-refractivity contribution in [3.63, 3.8) is 0 Å². The molecule has 0 N–H and O–H groups in total. The van der Waals surface area contributed by atoms with Crippen LogP contribution in [0, 0.1) is 0 Å². The Labute approximate surface area is 152 Å². The maximum absolute atomic E-state index is 10.7. The van der Waals surface area contributed by atoms with Crippen LogP contribution in [0.25, 0.3) is 6.08 Å². The van der Waals surface area contributed by atoms with E-state index < -0.39 is 0 Å². The molecular weight excluding hydrogens is 312 g/mol. The average Bonchev–Trinajstić information content (AvgIpc) is 2.66. The van der Waals surface area contributed by atoms with Gasteiger partial charge in [-0.2, -0.15) is 0 Å². The van der Waals surface area contributed by atoms with Gasteiger partial charge in [0.05, 0.1) is 7.11 Å². The molecule has 0 spiro atoms. The summed E-state index contributed by atoms with van der Waals surface area (Å²) in [6.07, 6.45) is 17.9. The van der Waals surface area contributed by atoms with E-state index in [4.69, 9.17) is 0 Å². The molecule has 138 valence electrons. The quantitative estimate of drug-likeness (QED) is 0.222. The smallest absolute Gasteiger partial charge is 0.330 e. The summed E-state index contributed by atoms with van der Waals surface area (Å²) < 4.78 is 4.45. The van der Waals surface area contributed by atoms with Crippen LogP contribution in [-0.2, 0) is 14.3 Å². The molecule has 0 aliphatic heterocycles. The first-order valence-corrected chi connectivity index (χ1v) is 9.16. The highest BCUT2D eigenvalue weighted by Crippen LogP contribution is 2.08. The molecule has 0 aromatic heterocycles. The Hall–Kier alpha value is -2.16. The number of allylic oxidation sites excluding steroid dienone is 2. The standard InChI is InChI=1S/C12H22O.C10H10O2/c1-2-3-4-5-6-7-8-9-10-11-12-13;1-12-10(11)8-7-9-5-3-2-4-6-9/h10-12H,2-9H2,1H3;2-8H,1H3/b11-10+;8-7+. The number of aldehydes is 1. The summed E-state index contributed by atoms with van der Waals surface area (Å²) in [5.74, 6) is -0.334. The van der Waals surface area contributed by atoms with Crippen molar-refractivity contribution in [2.45, 2.75) is 58.3 Å². The fourth-order valence-electron chi connectivity index (χ4n) is 2.17.